The van der Waals surface area contributed by atoms with Gasteiger partial charge in [0.1, 0.15) is 0 Å². The molecule has 0 aliphatic heterocycles. The summed E-state index contributed by atoms with van der Waals surface area (Å²) in [5, 5.41) is 0.970. The predicted octanol–water partition coefficient (Wildman–Crippen LogP) is 3.70. The third-order valence-corrected chi connectivity index (χ3v) is 4.19. The average molecular weight is 320 g/mol. The fourth-order valence-electron chi connectivity index (χ4n) is 2.90. The largest absolute Gasteiger partial charge is 0.321 e. The molecule has 1 N–H and O–H groups in total. The van der Waals surface area contributed by atoms with Crippen molar-refractivity contribution in [2.45, 2.75) is 27.3 Å². The molecule has 4 heteroatoms. The molecule has 24 heavy (non-hydrogen) atoms. The van der Waals surface area contributed by atoms with Crippen LogP contribution in [0.4, 0.5) is 5.69 Å². The number of H-pyrrole nitrogens is 1. The lowest BCUT2D eigenvalue weighted by Crippen LogP contribution is -2.30. The lowest BCUT2D eigenvalue weighted by Gasteiger charge is -2.21. The summed E-state index contributed by atoms with van der Waals surface area (Å²) in [5.74, 6) is -0.0932. The first-order valence-corrected chi connectivity index (χ1v) is 7.92. The van der Waals surface area contributed by atoms with Gasteiger partial charge in [0.15, 0.2) is 0 Å². The third kappa shape index (κ3) is 3.08. The highest BCUT2D eigenvalue weighted by Crippen LogP contribution is 2.20. The highest BCUT2D eigenvalue weighted by atomic mass is 16.2. The molecule has 0 fully saturated rings. The second-order valence-electron chi connectivity index (χ2n) is 6.11. The number of aromatic amines is 1. The van der Waals surface area contributed by atoms with Crippen LogP contribution in [0.25, 0.3) is 10.9 Å². The Bertz CT molecular complexity index is 973. The summed E-state index contributed by atoms with van der Waals surface area (Å²) in [7, 11) is 0. The number of hydrogen-bond acceptors (Lipinski definition) is 2. The molecular weight excluding hydrogens is 300 g/mol. The number of fused-ring (bicyclic) bond motifs is 1. The van der Waals surface area contributed by atoms with Gasteiger partial charge in [0.2, 0.25) is 5.91 Å². The number of pyridine rings is 1. The van der Waals surface area contributed by atoms with Gasteiger partial charge in [0.25, 0.3) is 5.56 Å². The second-order valence-corrected chi connectivity index (χ2v) is 6.11. The first kappa shape index (κ1) is 16.0. The van der Waals surface area contributed by atoms with Gasteiger partial charge in [-0.2, -0.15) is 0 Å². The predicted molar refractivity (Wildman–Crippen MR) is 97.3 cm³/mol. The van der Waals surface area contributed by atoms with Gasteiger partial charge in [0.05, 0.1) is 12.1 Å². The Kier molecular flexibility index (Phi) is 4.21. The lowest BCUT2D eigenvalue weighted by atomic mass is 10.1. The zero-order chi connectivity index (χ0) is 17.3. The van der Waals surface area contributed by atoms with E-state index >= 15 is 0 Å². The number of benzene rings is 2. The molecule has 0 atom stereocenters. The molecule has 0 spiro atoms. The normalized spacial score (nSPS) is 10.8. The molecule has 0 saturated heterocycles. The maximum absolute atomic E-state index is 12.4. The fourth-order valence-corrected chi connectivity index (χ4v) is 2.90. The van der Waals surface area contributed by atoms with Crippen LogP contribution in [0.15, 0.2) is 53.3 Å². The van der Waals surface area contributed by atoms with E-state index in [0.717, 1.165) is 27.7 Å². The number of nitrogens with zero attached hydrogens (tertiary/aromatic N) is 1. The topological polar surface area (TPSA) is 53.2 Å². The smallest absolute Gasteiger partial charge is 0.253 e. The Balaban J connectivity index is 2.05. The molecule has 1 aromatic heterocycles. The molecule has 3 rings (SSSR count). The van der Waals surface area contributed by atoms with E-state index in [-0.39, 0.29) is 18.0 Å². The summed E-state index contributed by atoms with van der Waals surface area (Å²) in [5.41, 5.74) is 4.16. The van der Waals surface area contributed by atoms with E-state index in [9.17, 15) is 9.59 Å². The van der Waals surface area contributed by atoms with E-state index < -0.39 is 0 Å². The number of carbonyl (C=O) groups is 1. The highest BCUT2D eigenvalue weighted by molar-refractivity contribution is 5.91. The monoisotopic (exact) mass is 320 g/mol. The van der Waals surface area contributed by atoms with Crippen LogP contribution in [-0.2, 0) is 11.3 Å². The van der Waals surface area contributed by atoms with Crippen molar-refractivity contribution in [2.24, 2.45) is 0 Å². The Labute approximate surface area is 140 Å². The average Bonchev–Trinajstić information content (AvgIpc) is 2.53. The zero-order valence-corrected chi connectivity index (χ0v) is 14.1. The van der Waals surface area contributed by atoms with Crippen LogP contribution in [0.1, 0.15) is 23.6 Å². The summed E-state index contributed by atoms with van der Waals surface area (Å²) >= 11 is 0. The molecular formula is C20H20N2O2. The van der Waals surface area contributed by atoms with Crippen molar-refractivity contribution in [1.82, 2.24) is 4.98 Å². The number of hydrogen-bond donors (Lipinski definition) is 1. The molecule has 3 aromatic rings. The number of aryl methyl sites for hydroxylation is 2. The van der Waals surface area contributed by atoms with Gasteiger partial charge in [0, 0.05) is 18.2 Å². The van der Waals surface area contributed by atoms with Crippen LogP contribution >= 0.6 is 0 Å². The zero-order valence-electron chi connectivity index (χ0n) is 14.1. The molecule has 4 nitrogen and oxygen atoms in total. The van der Waals surface area contributed by atoms with E-state index in [1.54, 1.807) is 4.90 Å². The first-order chi connectivity index (χ1) is 11.5. The molecule has 2 aromatic carbocycles. The van der Waals surface area contributed by atoms with Crippen molar-refractivity contribution < 1.29 is 4.79 Å². The quantitative estimate of drug-likeness (QED) is 0.800. The number of para-hydroxylation sites is 1. The standard InChI is InChI=1S/C20H20N2O2/c1-13-6-4-9-18(10-13)22(15(3)23)12-17-11-16-8-5-7-14(2)19(16)21-20(17)24/h4-11H,12H2,1-3H3,(H,21,24). The van der Waals surface area contributed by atoms with E-state index in [1.165, 1.54) is 6.92 Å². The van der Waals surface area contributed by atoms with Gasteiger partial charge in [-0.15, -0.1) is 0 Å². The molecule has 0 unspecified atom stereocenters. The molecule has 1 heterocycles. The van der Waals surface area contributed by atoms with Gasteiger partial charge >= 0.3 is 0 Å². The van der Waals surface area contributed by atoms with Crippen LogP contribution in [0.5, 0.6) is 0 Å². The van der Waals surface area contributed by atoms with E-state index in [1.807, 2.05) is 62.4 Å². The Hall–Kier alpha value is -2.88. The Morgan fingerprint density at radius 3 is 2.54 bits per heavy atom. The number of rotatable bonds is 3. The fraction of sp³-hybridized carbons (Fsp3) is 0.200. The summed E-state index contributed by atoms with van der Waals surface area (Å²) in [6.07, 6.45) is 0. The van der Waals surface area contributed by atoms with Crippen molar-refractivity contribution in [3.8, 4) is 0 Å². The Morgan fingerprint density at radius 1 is 1.08 bits per heavy atom. The summed E-state index contributed by atoms with van der Waals surface area (Å²) in [6, 6.07) is 15.5. The number of carbonyl (C=O) groups excluding carboxylic acids is 1. The first-order valence-electron chi connectivity index (χ1n) is 7.92. The minimum atomic E-state index is -0.157. The van der Waals surface area contributed by atoms with E-state index in [0.29, 0.717) is 5.56 Å². The number of nitrogens with one attached hydrogen (secondary N) is 1. The molecule has 1 amide bonds. The highest BCUT2D eigenvalue weighted by Gasteiger charge is 2.15. The van der Waals surface area contributed by atoms with Gasteiger partial charge in [-0.3, -0.25) is 9.59 Å². The molecule has 0 bridgehead atoms. The van der Waals surface area contributed by atoms with Crippen molar-refractivity contribution in [3.05, 3.63) is 75.6 Å². The Morgan fingerprint density at radius 2 is 1.83 bits per heavy atom. The minimum absolute atomic E-state index is 0.0932. The second kappa shape index (κ2) is 6.32. The van der Waals surface area contributed by atoms with Gasteiger partial charge < -0.3 is 9.88 Å². The molecule has 0 radical (unpaired) electrons. The van der Waals surface area contributed by atoms with Gasteiger partial charge in [-0.25, -0.2) is 0 Å². The van der Waals surface area contributed by atoms with E-state index in [2.05, 4.69) is 4.98 Å². The van der Waals surface area contributed by atoms with Crippen molar-refractivity contribution in [2.75, 3.05) is 4.90 Å². The molecule has 0 aliphatic rings. The van der Waals surface area contributed by atoms with Gasteiger partial charge in [-0.1, -0.05) is 30.3 Å². The summed E-state index contributed by atoms with van der Waals surface area (Å²) in [4.78, 5) is 29.1. The van der Waals surface area contributed by atoms with Crippen LogP contribution in [0, 0.1) is 13.8 Å². The van der Waals surface area contributed by atoms with E-state index in [4.69, 9.17) is 0 Å². The molecule has 0 saturated carbocycles. The van der Waals surface area contributed by atoms with Crippen LogP contribution < -0.4 is 10.5 Å². The number of anilines is 1. The van der Waals surface area contributed by atoms with Gasteiger partial charge in [-0.05, 0) is 48.6 Å². The molecule has 122 valence electrons. The number of aromatic nitrogens is 1. The van der Waals surface area contributed by atoms with Crippen molar-refractivity contribution in [1.29, 1.82) is 0 Å². The maximum atomic E-state index is 12.4. The third-order valence-electron chi connectivity index (χ3n) is 4.19. The van der Waals surface area contributed by atoms with Crippen LogP contribution in [0.2, 0.25) is 0 Å². The summed E-state index contributed by atoms with van der Waals surface area (Å²) in [6.45, 7) is 5.71. The maximum Gasteiger partial charge on any atom is 0.253 e. The lowest BCUT2D eigenvalue weighted by molar-refractivity contribution is -0.116. The van der Waals surface area contributed by atoms with Crippen molar-refractivity contribution >= 4 is 22.5 Å². The van der Waals surface area contributed by atoms with Crippen LogP contribution in [0.3, 0.4) is 0 Å². The van der Waals surface area contributed by atoms with Crippen molar-refractivity contribution in [3.63, 3.8) is 0 Å². The minimum Gasteiger partial charge on any atom is -0.321 e. The summed E-state index contributed by atoms with van der Waals surface area (Å²) < 4.78 is 0. The van der Waals surface area contributed by atoms with Crippen LogP contribution in [-0.4, -0.2) is 10.9 Å². The number of amides is 1. The SMILES string of the molecule is CC(=O)N(Cc1cc2cccc(C)c2[nH]c1=O)c1cccc(C)c1. The molecule has 0 aliphatic carbocycles.